The van der Waals surface area contributed by atoms with Crippen LogP contribution in [0.4, 0.5) is 0 Å². The SMILES string of the molecule is CC1(CO)CCCN1C(OC=O)c1ccccc1. The van der Waals surface area contributed by atoms with Crippen molar-refractivity contribution in [3.05, 3.63) is 35.9 Å². The summed E-state index contributed by atoms with van der Waals surface area (Å²) in [5, 5.41) is 9.57. The Morgan fingerprint density at radius 3 is 2.83 bits per heavy atom. The fraction of sp³-hybridized carbons (Fsp3) is 0.500. The average Bonchev–Trinajstić information content (AvgIpc) is 2.80. The fourth-order valence-electron chi connectivity index (χ4n) is 2.62. The molecule has 1 fully saturated rings. The molecule has 4 heteroatoms. The Hall–Kier alpha value is -1.39. The Bertz CT molecular complexity index is 395. The van der Waals surface area contributed by atoms with E-state index in [1.807, 2.05) is 37.3 Å². The Kier molecular flexibility index (Phi) is 3.99. The predicted octanol–water partition coefficient (Wildman–Crippen LogP) is 1.71. The highest BCUT2D eigenvalue weighted by atomic mass is 16.5. The summed E-state index contributed by atoms with van der Waals surface area (Å²) in [4.78, 5) is 12.8. The van der Waals surface area contributed by atoms with Gasteiger partial charge in [-0.3, -0.25) is 9.69 Å². The normalized spacial score (nSPS) is 25.9. The second kappa shape index (κ2) is 5.50. The summed E-state index contributed by atoms with van der Waals surface area (Å²) in [7, 11) is 0. The maximum absolute atomic E-state index is 10.7. The van der Waals surface area contributed by atoms with Crippen LogP contribution < -0.4 is 0 Å². The smallest absolute Gasteiger partial charge is 0.294 e. The highest BCUT2D eigenvalue weighted by Gasteiger charge is 2.41. The summed E-state index contributed by atoms with van der Waals surface area (Å²) >= 11 is 0. The number of carbonyl (C=O) groups is 1. The molecule has 1 aromatic rings. The molecule has 0 saturated carbocycles. The van der Waals surface area contributed by atoms with Crippen molar-refractivity contribution < 1.29 is 14.6 Å². The molecule has 0 bridgehead atoms. The van der Waals surface area contributed by atoms with E-state index in [9.17, 15) is 9.90 Å². The molecule has 1 aromatic carbocycles. The molecular formula is C14H19NO3. The van der Waals surface area contributed by atoms with Crippen LogP contribution in [0.5, 0.6) is 0 Å². The second-order valence-corrected chi connectivity index (χ2v) is 4.95. The number of aliphatic hydroxyl groups excluding tert-OH is 1. The molecule has 2 atom stereocenters. The van der Waals surface area contributed by atoms with Crippen LogP contribution in [0.15, 0.2) is 30.3 Å². The molecule has 1 N–H and O–H groups in total. The van der Waals surface area contributed by atoms with E-state index >= 15 is 0 Å². The van der Waals surface area contributed by atoms with Crippen LogP contribution in [0.3, 0.4) is 0 Å². The highest BCUT2D eigenvalue weighted by Crippen LogP contribution is 2.36. The molecule has 1 aliphatic rings. The van der Waals surface area contributed by atoms with Crippen molar-refractivity contribution in [3.8, 4) is 0 Å². The third-order valence-electron chi connectivity index (χ3n) is 3.70. The van der Waals surface area contributed by atoms with Crippen LogP contribution in [0.2, 0.25) is 0 Å². The lowest BCUT2D eigenvalue weighted by Gasteiger charge is -2.38. The molecule has 2 rings (SSSR count). The molecule has 0 aliphatic carbocycles. The standard InChI is InChI=1S/C14H19NO3/c1-14(10-16)8-5-9-15(14)13(18-11-17)12-6-3-2-4-7-12/h2-4,6-7,11,13,16H,5,8-10H2,1H3. The number of benzene rings is 1. The first-order chi connectivity index (χ1) is 8.71. The molecule has 1 saturated heterocycles. The lowest BCUT2D eigenvalue weighted by molar-refractivity contribution is -0.150. The molecule has 98 valence electrons. The summed E-state index contributed by atoms with van der Waals surface area (Å²) in [5.74, 6) is 0. The number of likely N-dealkylation sites (tertiary alicyclic amines) is 1. The van der Waals surface area contributed by atoms with Crippen molar-refractivity contribution in [2.24, 2.45) is 0 Å². The van der Waals surface area contributed by atoms with E-state index in [-0.39, 0.29) is 12.1 Å². The maximum Gasteiger partial charge on any atom is 0.294 e. The molecule has 4 nitrogen and oxygen atoms in total. The summed E-state index contributed by atoms with van der Waals surface area (Å²) in [5.41, 5.74) is 0.620. The van der Waals surface area contributed by atoms with Crippen LogP contribution in [-0.2, 0) is 9.53 Å². The molecule has 1 aliphatic heterocycles. The van der Waals surface area contributed by atoms with Crippen molar-refractivity contribution in [2.45, 2.75) is 31.5 Å². The van der Waals surface area contributed by atoms with Gasteiger partial charge in [-0.2, -0.15) is 0 Å². The van der Waals surface area contributed by atoms with Crippen LogP contribution in [0.1, 0.15) is 31.6 Å². The van der Waals surface area contributed by atoms with Gasteiger partial charge in [0.15, 0.2) is 6.23 Å². The molecule has 1 heterocycles. The first-order valence-corrected chi connectivity index (χ1v) is 6.23. The largest absolute Gasteiger partial charge is 0.444 e. The second-order valence-electron chi connectivity index (χ2n) is 4.95. The van der Waals surface area contributed by atoms with Crippen molar-refractivity contribution in [2.75, 3.05) is 13.2 Å². The van der Waals surface area contributed by atoms with Crippen molar-refractivity contribution in [1.29, 1.82) is 0 Å². The zero-order chi connectivity index (χ0) is 13.0. The van der Waals surface area contributed by atoms with E-state index in [4.69, 9.17) is 4.74 Å². The zero-order valence-electron chi connectivity index (χ0n) is 10.6. The summed E-state index contributed by atoms with van der Waals surface area (Å²) in [6.07, 6.45) is 1.50. The van der Waals surface area contributed by atoms with E-state index in [2.05, 4.69) is 4.90 Å². The zero-order valence-corrected chi connectivity index (χ0v) is 10.6. The number of ether oxygens (including phenoxy) is 1. The van der Waals surface area contributed by atoms with Gasteiger partial charge in [-0.15, -0.1) is 0 Å². The minimum Gasteiger partial charge on any atom is -0.444 e. The minimum atomic E-state index is -0.414. The van der Waals surface area contributed by atoms with Gasteiger partial charge in [0.25, 0.3) is 6.47 Å². The van der Waals surface area contributed by atoms with Gasteiger partial charge < -0.3 is 9.84 Å². The number of carbonyl (C=O) groups excluding carboxylic acids is 1. The third-order valence-corrected chi connectivity index (χ3v) is 3.70. The maximum atomic E-state index is 10.7. The van der Waals surface area contributed by atoms with Crippen LogP contribution in [0.25, 0.3) is 0 Å². The van der Waals surface area contributed by atoms with Gasteiger partial charge in [-0.05, 0) is 19.8 Å². The molecule has 18 heavy (non-hydrogen) atoms. The molecule has 0 spiro atoms. The van der Waals surface area contributed by atoms with E-state index in [0.717, 1.165) is 24.9 Å². The van der Waals surface area contributed by atoms with Gasteiger partial charge >= 0.3 is 0 Å². The first-order valence-electron chi connectivity index (χ1n) is 6.23. The van der Waals surface area contributed by atoms with E-state index in [1.165, 1.54) is 0 Å². The number of hydrogen-bond acceptors (Lipinski definition) is 4. The van der Waals surface area contributed by atoms with Crippen LogP contribution in [0, 0.1) is 0 Å². The number of hydrogen-bond donors (Lipinski definition) is 1. The lowest BCUT2D eigenvalue weighted by Crippen LogP contribution is -2.46. The number of nitrogens with zero attached hydrogens (tertiary/aromatic N) is 1. The monoisotopic (exact) mass is 249 g/mol. The molecular weight excluding hydrogens is 230 g/mol. The van der Waals surface area contributed by atoms with E-state index in [1.54, 1.807) is 0 Å². The first kappa shape index (κ1) is 13.1. The Morgan fingerprint density at radius 1 is 1.50 bits per heavy atom. The van der Waals surface area contributed by atoms with Gasteiger partial charge in [0.05, 0.1) is 6.61 Å². The van der Waals surface area contributed by atoms with Gasteiger partial charge in [-0.25, -0.2) is 0 Å². The molecule has 0 amide bonds. The van der Waals surface area contributed by atoms with E-state index in [0.29, 0.717) is 6.47 Å². The van der Waals surface area contributed by atoms with Crippen molar-refractivity contribution in [1.82, 2.24) is 4.90 Å². The quantitative estimate of drug-likeness (QED) is 0.807. The van der Waals surface area contributed by atoms with Crippen LogP contribution >= 0.6 is 0 Å². The Morgan fingerprint density at radius 2 is 2.22 bits per heavy atom. The molecule has 2 unspecified atom stereocenters. The van der Waals surface area contributed by atoms with Gasteiger partial charge in [0.2, 0.25) is 0 Å². The summed E-state index contributed by atoms with van der Waals surface area (Å²) < 4.78 is 5.24. The minimum absolute atomic E-state index is 0.0680. The number of rotatable bonds is 5. The highest BCUT2D eigenvalue weighted by molar-refractivity contribution is 5.38. The lowest BCUT2D eigenvalue weighted by atomic mass is 9.99. The number of aliphatic hydroxyl groups is 1. The Labute approximate surface area is 107 Å². The predicted molar refractivity (Wildman–Crippen MR) is 67.8 cm³/mol. The van der Waals surface area contributed by atoms with Crippen molar-refractivity contribution in [3.63, 3.8) is 0 Å². The van der Waals surface area contributed by atoms with Gasteiger partial charge in [0, 0.05) is 17.6 Å². The van der Waals surface area contributed by atoms with Gasteiger partial charge in [0.1, 0.15) is 0 Å². The third kappa shape index (κ3) is 2.40. The van der Waals surface area contributed by atoms with Gasteiger partial charge in [-0.1, -0.05) is 30.3 Å². The molecule has 0 radical (unpaired) electrons. The summed E-state index contributed by atoms with van der Waals surface area (Å²) in [6.45, 7) is 3.38. The molecule has 0 aromatic heterocycles. The fourth-order valence-corrected chi connectivity index (χ4v) is 2.62. The van der Waals surface area contributed by atoms with Crippen LogP contribution in [-0.4, -0.2) is 35.2 Å². The topological polar surface area (TPSA) is 49.8 Å². The van der Waals surface area contributed by atoms with E-state index < -0.39 is 6.23 Å². The Balaban J connectivity index is 2.28. The van der Waals surface area contributed by atoms with Crippen molar-refractivity contribution >= 4 is 6.47 Å². The average molecular weight is 249 g/mol. The summed E-state index contributed by atoms with van der Waals surface area (Å²) in [6, 6.07) is 9.64.